The standard InChI is InChI=1S/C15H20N2O2/c1-17-9-14(19-10-15(17)18)8-16-13-6-11-4-2-3-5-12(11)7-13/h2-5,13-14,16H,6-10H2,1H3/t14-/m0/s1. The molecule has 1 aromatic carbocycles. The summed E-state index contributed by atoms with van der Waals surface area (Å²) >= 11 is 0. The maximum Gasteiger partial charge on any atom is 0.248 e. The van der Waals surface area contributed by atoms with Gasteiger partial charge in [0.1, 0.15) is 6.61 Å². The van der Waals surface area contributed by atoms with E-state index < -0.39 is 0 Å². The number of amides is 1. The molecule has 1 aliphatic heterocycles. The summed E-state index contributed by atoms with van der Waals surface area (Å²) in [5.74, 6) is 0.0736. The fraction of sp³-hybridized carbons (Fsp3) is 0.533. The molecule has 2 aliphatic rings. The first kappa shape index (κ1) is 12.6. The zero-order valence-electron chi connectivity index (χ0n) is 11.3. The lowest BCUT2D eigenvalue weighted by Gasteiger charge is -2.30. The third-order valence-electron chi connectivity index (χ3n) is 4.03. The van der Waals surface area contributed by atoms with Gasteiger partial charge in [0.15, 0.2) is 0 Å². The van der Waals surface area contributed by atoms with Crippen molar-refractivity contribution in [1.82, 2.24) is 10.2 Å². The molecule has 1 saturated heterocycles. The molecule has 0 spiro atoms. The molecular weight excluding hydrogens is 240 g/mol. The van der Waals surface area contributed by atoms with Crippen molar-refractivity contribution in [3.63, 3.8) is 0 Å². The van der Waals surface area contributed by atoms with Crippen LogP contribution in [0, 0.1) is 0 Å². The molecule has 1 aromatic rings. The Morgan fingerprint density at radius 3 is 2.63 bits per heavy atom. The van der Waals surface area contributed by atoms with Crippen LogP contribution in [0.15, 0.2) is 24.3 Å². The molecule has 0 bridgehead atoms. The second-order valence-corrected chi connectivity index (χ2v) is 5.49. The van der Waals surface area contributed by atoms with Crippen LogP contribution in [0.1, 0.15) is 11.1 Å². The third-order valence-corrected chi connectivity index (χ3v) is 4.03. The van der Waals surface area contributed by atoms with E-state index >= 15 is 0 Å². The van der Waals surface area contributed by atoms with Gasteiger partial charge in [0.05, 0.1) is 6.10 Å². The molecule has 0 saturated carbocycles. The van der Waals surface area contributed by atoms with E-state index in [1.54, 1.807) is 4.90 Å². The Kier molecular flexibility index (Phi) is 3.53. The average molecular weight is 260 g/mol. The Hall–Kier alpha value is -1.39. The molecule has 0 radical (unpaired) electrons. The lowest BCUT2D eigenvalue weighted by Crippen LogP contribution is -2.49. The van der Waals surface area contributed by atoms with Gasteiger partial charge in [-0.05, 0) is 24.0 Å². The van der Waals surface area contributed by atoms with Gasteiger partial charge in [0.25, 0.3) is 0 Å². The molecule has 1 aliphatic carbocycles. The lowest BCUT2D eigenvalue weighted by atomic mass is 10.1. The first-order valence-corrected chi connectivity index (χ1v) is 6.88. The molecule has 4 heteroatoms. The average Bonchev–Trinajstić information content (AvgIpc) is 2.83. The van der Waals surface area contributed by atoms with Crippen molar-refractivity contribution < 1.29 is 9.53 Å². The molecule has 4 nitrogen and oxygen atoms in total. The van der Waals surface area contributed by atoms with Gasteiger partial charge in [-0.3, -0.25) is 4.79 Å². The van der Waals surface area contributed by atoms with Crippen LogP contribution < -0.4 is 5.32 Å². The Morgan fingerprint density at radius 1 is 1.32 bits per heavy atom. The Bertz CT molecular complexity index is 450. The summed E-state index contributed by atoms with van der Waals surface area (Å²) < 4.78 is 5.54. The third kappa shape index (κ3) is 2.80. The minimum Gasteiger partial charge on any atom is -0.365 e. The second-order valence-electron chi connectivity index (χ2n) is 5.49. The van der Waals surface area contributed by atoms with Crippen LogP contribution in [-0.2, 0) is 22.4 Å². The van der Waals surface area contributed by atoms with Crippen molar-refractivity contribution in [2.45, 2.75) is 25.0 Å². The van der Waals surface area contributed by atoms with Crippen LogP contribution in [0.2, 0.25) is 0 Å². The Morgan fingerprint density at radius 2 is 2.00 bits per heavy atom. The summed E-state index contributed by atoms with van der Waals surface area (Å²) in [4.78, 5) is 13.1. The van der Waals surface area contributed by atoms with Gasteiger partial charge in [-0.1, -0.05) is 24.3 Å². The Labute approximate surface area is 113 Å². The van der Waals surface area contributed by atoms with Crippen LogP contribution in [0.25, 0.3) is 0 Å². The van der Waals surface area contributed by atoms with Gasteiger partial charge < -0.3 is 15.0 Å². The topological polar surface area (TPSA) is 41.6 Å². The minimum atomic E-state index is 0.0736. The molecule has 1 heterocycles. The highest BCUT2D eigenvalue weighted by Crippen LogP contribution is 2.21. The first-order chi connectivity index (χ1) is 9.22. The summed E-state index contributed by atoms with van der Waals surface area (Å²) in [5.41, 5.74) is 2.91. The van der Waals surface area contributed by atoms with E-state index in [0.717, 1.165) is 19.4 Å². The van der Waals surface area contributed by atoms with E-state index in [4.69, 9.17) is 4.74 Å². The highest BCUT2D eigenvalue weighted by molar-refractivity contribution is 5.77. The number of carbonyl (C=O) groups excluding carboxylic acids is 1. The summed E-state index contributed by atoms with van der Waals surface area (Å²) in [6.45, 7) is 1.72. The van der Waals surface area contributed by atoms with Gasteiger partial charge in [-0.25, -0.2) is 0 Å². The summed E-state index contributed by atoms with van der Waals surface area (Å²) in [7, 11) is 1.84. The number of nitrogens with one attached hydrogen (secondary N) is 1. The maximum atomic E-state index is 11.3. The van der Waals surface area contributed by atoms with Gasteiger partial charge in [0.2, 0.25) is 5.91 Å². The number of rotatable bonds is 3. The molecule has 19 heavy (non-hydrogen) atoms. The normalized spacial score (nSPS) is 23.7. The number of nitrogens with zero attached hydrogens (tertiary/aromatic N) is 1. The van der Waals surface area contributed by atoms with Crippen molar-refractivity contribution in [1.29, 1.82) is 0 Å². The van der Waals surface area contributed by atoms with E-state index in [9.17, 15) is 4.79 Å². The maximum absolute atomic E-state index is 11.3. The van der Waals surface area contributed by atoms with E-state index in [-0.39, 0.29) is 18.6 Å². The monoisotopic (exact) mass is 260 g/mol. The number of likely N-dealkylation sites (N-methyl/N-ethyl adjacent to an activating group) is 1. The number of ether oxygens (including phenoxy) is 1. The van der Waals surface area contributed by atoms with E-state index in [1.807, 2.05) is 7.05 Å². The van der Waals surface area contributed by atoms with Crippen LogP contribution in [0.3, 0.4) is 0 Å². The van der Waals surface area contributed by atoms with Gasteiger partial charge in [0, 0.05) is 26.2 Å². The molecular formula is C15H20N2O2. The minimum absolute atomic E-state index is 0.0736. The number of hydrogen-bond donors (Lipinski definition) is 1. The number of benzene rings is 1. The number of fused-ring (bicyclic) bond motifs is 1. The van der Waals surface area contributed by atoms with Crippen molar-refractivity contribution in [3.05, 3.63) is 35.4 Å². The molecule has 102 valence electrons. The second kappa shape index (κ2) is 5.31. The molecule has 3 rings (SSSR count). The largest absolute Gasteiger partial charge is 0.365 e. The van der Waals surface area contributed by atoms with Crippen molar-refractivity contribution in [3.8, 4) is 0 Å². The van der Waals surface area contributed by atoms with Gasteiger partial charge in [-0.2, -0.15) is 0 Å². The van der Waals surface area contributed by atoms with Gasteiger partial charge in [-0.15, -0.1) is 0 Å². The lowest BCUT2D eigenvalue weighted by molar-refractivity contribution is -0.146. The van der Waals surface area contributed by atoms with Crippen molar-refractivity contribution in [2.75, 3.05) is 26.7 Å². The number of morpholine rings is 1. The Balaban J connectivity index is 1.48. The quantitative estimate of drug-likeness (QED) is 0.865. The van der Waals surface area contributed by atoms with Crippen molar-refractivity contribution in [2.24, 2.45) is 0 Å². The van der Waals surface area contributed by atoms with Crippen LogP contribution in [0.4, 0.5) is 0 Å². The zero-order chi connectivity index (χ0) is 13.2. The summed E-state index contributed by atoms with van der Waals surface area (Å²) in [5, 5.41) is 3.57. The molecule has 1 atom stereocenters. The predicted octanol–water partition coefficient (Wildman–Crippen LogP) is 0.601. The van der Waals surface area contributed by atoms with Crippen LogP contribution in [-0.4, -0.2) is 49.7 Å². The first-order valence-electron chi connectivity index (χ1n) is 6.88. The molecule has 0 aromatic heterocycles. The van der Waals surface area contributed by atoms with Crippen molar-refractivity contribution >= 4 is 5.91 Å². The number of carbonyl (C=O) groups is 1. The summed E-state index contributed by atoms with van der Waals surface area (Å²) in [6, 6.07) is 9.13. The van der Waals surface area contributed by atoms with E-state index in [2.05, 4.69) is 29.6 Å². The molecule has 1 fully saturated rings. The summed E-state index contributed by atoms with van der Waals surface area (Å²) in [6.07, 6.45) is 2.31. The fourth-order valence-electron chi connectivity index (χ4n) is 2.88. The molecule has 1 amide bonds. The smallest absolute Gasteiger partial charge is 0.248 e. The SMILES string of the molecule is CN1C[C@H](CNC2Cc3ccccc3C2)OCC1=O. The predicted molar refractivity (Wildman–Crippen MR) is 73.0 cm³/mol. The zero-order valence-corrected chi connectivity index (χ0v) is 11.3. The molecule has 0 unspecified atom stereocenters. The van der Waals surface area contributed by atoms with Crippen LogP contribution in [0.5, 0.6) is 0 Å². The van der Waals surface area contributed by atoms with Gasteiger partial charge >= 0.3 is 0 Å². The highest BCUT2D eigenvalue weighted by Gasteiger charge is 2.25. The number of hydrogen-bond acceptors (Lipinski definition) is 3. The van der Waals surface area contributed by atoms with E-state index in [0.29, 0.717) is 12.6 Å². The molecule has 1 N–H and O–H groups in total. The van der Waals surface area contributed by atoms with Crippen LogP contribution >= 0.6 is 0 Å². The fourth-order valence-corrected chi connectivity index (χ4v) is 2.88. The highest BCUT2D eigenvalue weighted by atomic mass is 16.5. The van der Waals surface area contributed by atoms with E-state index in [1.165, 1.54) is 11.1 Å².